The second-order valence-corrected chi connectivity index (χ2v) is 5.03. The molecule has 0 radical (unpaired) electrons. The minimum Gasteiger partial charge on any atom is -0.508 e. The van der Waals surface area contributed by atoms with E-state index in [-0.39, 0.29) is 22.8 Å². The molecule has 0 atom stereocenters. The Balaban J connectivity index is 2.26. The summed E-state index contributed by atoms with van der Waals surface area (Å²) in [5, 5.41) is 19.3. The summed E-state index contributed by atoms with van der Waals surface area (Å²) in [6.45, 7) is -0.135. The van der Waals surface area contributed by atoms with Gasteiger partial charge in [0, 0.05) is 11.6 Å². The lowest BCUT2D eigenvalue weighted by Gasteiger charge is -2.06. The number of rotatable bonds is 2. The Morgan fingerprint density at radius 3 is 2.62 bits per heavy atom. The lowest BCUT2D eigenvalue weighted by molar-refractivity contribution is 0.282. The van der Waals surface area contributed by atoms with E-state index in [1.807, 2.05) is 0 Å². The van der Waals surface area contributed by atoms with Gasteiger partial charge in [-0.15, -0.1) is 0 Å². The molecule has 0 unspecified atom stereocenters. The summed E-state index contributed by atoms with van der Waals surface area (Å²) in [5.74, 6) is 0.349. The van der Waals surface area contributed by atoms with Crippen LogP contribution in [0.5, 0.6) is 5.75 Å². The van der Waals surface area contributed by atoms with Crippen molar-refractivity contribution in [2.45, 2.75) is 6.61 Å². The van der Waals surface area contributed by atoms with Gasteiger partial charge in [0.1, 0.15) is 17.1 Å². The van der Waals surface area contributed by atoms with Gasteiger partial charge in [0.2, 0.25) is 0 Å². The van der Waals surface area contributed by atoms with Gasteiger partial charge in [0.25, 0.3) is 0 Å². The van der Waals surface area contributed by atoms with Crippen LogP contribution >= 0.6 is 11.6 Å². The largest absolute Gasteiger partial charge is 0.508 e. The van der Waals surface area contributed by atoms with Gasteiger partial charge in [-0.05, 0) is 35.9 Å². The van der Waals surface area contributed by atoms with Crippen LogP contribution in [0.15, 0.2) is 51.7 Å². The summed E-state index contributed by atoms with van der Waals surface area (Å²) >= 11 is 6.06. The molecule has 5 heteroatoms. The Morgan fingerprint density at radius 1 is 1.10 bits per heavy atom. The van der Waals surface area contributed by atoms with Crippen LogP contribution in [0.1, 0.15) is 5.56 Å². The number of fused-ring (bicyclic) bond motifs is 1. The van der Waals surface area contributed by atoms with Crippen molar-refractivity contribution in [1.82, 2.24) is 0 Å². The predicted octanol–water partition coefficient (Wildman–Crippen LogP) is 3.31. The number of hydrogen-bond donors (Lipinski definition) is 2. The van der Waals surface area contributed by atoms with Gasteiger partial charge < -0.3 is 14.6 Å². The van der Waals surface area contributed by atoms with Crippen molar-refractivity contribution in [3.8, 4) is 17.1 Å². The molecule has 2 aromatic carbocycles. The molecule has 0 bridgehead atoms. The highest BCUT2D eigenvalue weighted by Crippen LogP contribution is 2.31. The molecule has 0 saturated carbocycles. The third-order valence-corrected chi connectivity index (χ3v) is 3.51. The van der Waals surface area contributed by atoms with Crippen LogP contribution < -0.4 is 5.43 Å². The quantitative estimate of drug-likeness (QED) is 0.762. The Kier molecular flexibility index (Phi) is 3.41. The monoisotopic (exact) mass is 302 g/mol. The zero-order chi connectivity index (χ0) is 15.0. The maximum Gasteiger partial charge on any atom is 0.193 e. The van der Waals surface area contributed by atoms with E-state index in [1.165, 1.54) is 18.2 Å². The van der Waals surface area contributed by atoms with Crippen LogP contribution in [0.25, 0.3) is 22.3 Å². The van der Waals surface area contributed by atoms with E-state index in [2.05, 4.69) is 0 Å². The normalized spacial score (nSPS) is 11.0. The molecule has 0 spiro atoms. The zero-order valence-corrected chi connectivity index (χ0v) is 11.6. The lowest BCUT2D eigenvalue weighted by Crippen LogP contribution is -2.01. The second-order valence-electron chi connectivity index (χ2n) is 4.63. The fraction of sp³-hybridized carbons (Fsp3) is 0.0625. The molecule has 0 aliphatic heterocycles. The first-order chi connectivity index (χ1) is 10.1. The average molecular weight is 303 g/mol. The molecule has 0 aliphatic carbocycles. The maximum atomic E-state index is 12.1. The van der Waals surface area contributed by atoms with E-state index >= 15 is 0 Å². The predicted molar refractivity (Wildman–Crippen MR) is 80.5 cm³/mol. The van der Waals surface area contributed by atoms with Crippen molar-refractivity contribution in [2.75, 3.05) is 0 Å². The number of aliphatic hydroxyl groups excluding tert-OH is 1. The van der Waals surface area contributed by atoms with Crippen molar-refractivity contribution in [3.63, 3.8) is 0 Å². The Morgan fingerprint density at radius 2 is 1.90 bits per heavy atom. The third-order valence-electron chi connectivity index (χ3n) is 3.19. The van der Waals surface area contributed by atoms with Crippen LogP contribution in [0.3, 0.4) is 0 Å². The molecule has 2 N–H and O–H groups in total. The van der Waals surface area contributed by atoms with Crippen LogP contribution in [0, 0.1) is 0 Å². The molecule has 0 fully saturated rings. The van der Waals surface area contributed by atoms with E-state index in [9.17, 15) is 9.90 Å². The molecule has 0 amide bonds. The Labute approximate surface area is 124 Å². The zero-order valence-electron chi connectivity index (χ0n) is 10.8. The highest BCUT2D eigenvalue weighted by atomic mass is 35.5. The molecule has 1 aromatic heterocycles. The second kappa shape index (κ2) is 5.24. The van der Waals surface area contributed by atoms with E-state index in [1.54, 1.807) is 24.3 Å². The molecule has 21 heavy (non-hydrogen) atoms. The maximum absolute atomic E-state index is 12.1. The molecule has 4 nitrogen and oxygen atoms in total. The third kappa shape index (κ3) is 2.51. The molecular weight excluding hydrogens is 292 g/mol. The Hall–Kier alpha value is -2.30. The summed E-state index contributed by atoms with van der Waals surface area (Å²) in [6, 6.07) is 10.7. The van der Waals surface area contributed by atoms with Gasteiger partial charge in [-0.3, -0.25) is 4.79 Å². The molecule has 3 aromatic rings. The molecular formula is C16H11ClO4. The number of benzene rings is 2. The SMILES string of the molecule is O=c1cc(-c2ccc(O)cc2Cl)oc2cc(CO)ccc12. The summed E-state index contributed by atoms with van der Waals surface area (Å²) in [6.07, 6.45) is 0. The number of phenolic OH excluding ortho intramolecular Hbond substituents is 1. The van der Waals surface area contributed by atoms with E-state index in [4.69, 9.17) is 21.1 Å². The standard InChI is InChI=1S/C16H11ClO4/c17-13-6-10(19)2-4-11(13)16-7-14(20)12-3-1-9(8-18)5-15(12)21-16/h1-7,18-19H,8H2. The highest BCUT2D eigenvalue weighted by Gasteiger charge is 2.11. The number of hydrogen-bond acceptors (Lipinski definition) is 4. The fourth-order valence-electron chi connectivity index (χ4n) is 2.13. The fourth-order valence-corrected chi connectivity index (χ4v) is 2.40. The van der Waals surface area contributed by atoms with E-state index in [0.29, 0.717) is 27.9 Å². The number of aliphatic hydroxyl groups is 1. The summed E-state index contributed by atoms with van der Waals surface area (Å²) in [5.41, 5.74) is 1.36. The lowest BCUT2D eigenvalue weighted by atomic mass is 10.1. The van der Waals surface area contributed by atoms with Gasteiger partial charge >= 0.3 is 0 Å². The van der Waals surface area contributed by atoms with Crippen molar-refractivity contribution in [2.24, 2.45) is 0 Å². The molecule has 0 aliphatic rings. The van der Waals surface area contributed by atoms with Crippen molar-refractivity contribution < 1.29 is 14.6 Å². The number of phenols is 1. The van der Waals surface area contributed by atoms with Crippen molar-refractivity contribution >= 4 is 22.6 Å². The first-order valence-electron chi connectivity index (χ1n) is 6.25. The van der Waals surface area contributed by atoms with Gasteiger partial charge in [0.05, 0.1) is 17.0 Å². The minimum absolute atomic E-state index is 0.0365. The molecule has 3 rings (SSSR count). The average Bonchev–Trinajstić information content (AvgIpc) is 2.46. The molecule has 106 valence electrons. The summed E-state index contributed by atoms with van der Waals surface area (Å²) in [7, 11) is 0. The number of halogens is 1. The van der Waals surface area contributed by atoms with Gasteiger partial charge in [-0.1, -0.05) is 17.7 Å². The van der Waals surface area contributed by atoms with Gasteiger partial charge in [-0.25, -0.2) is 0 Å². The number of aromatic hydroxyl groups is 1. The van der Waals surface area contributed by atoms with Crippen molar-refractivity contribution in [1.29, 1.82) is 0 Å². The molecule has 0 saturated heterocycles. The topological polar surface area (TPSA) is 70.7 Å². The van der Waals surface area contributed by atoms with Crippen LogP contribution in [0.4, 0.5) is 0 Å². The highest BCUT2D eigenvalue weighted by molar-refractivity contribution is 6.33. The van der Waals surface area contributed by atoms with E-state index < -0.39 is 0 Å². The smallest absolute Gasteiger partial charge is 0.193 e. The van der Waals surface area contributed by atoms with Crippen LogP contribution in [0.2, 0.25) is 5.02 Å². The summed E-state index contributed by atoms with van der Waals surface area (Å²) in [4.78, 5) is 12.1. The van der Waals surface area contributed by atoms with Crippen molar-refractivity contribution in [3.05, 3.63) is 63.3 Å². The first kappa shape index (κ1) is 13.7. The van der Waals surface area contributed by atoms with Gasteiger partial charge in [0.15, 0.2) is 5.43 Å². The van der Waals surface area contributed by atoms with E-state index in [0.717, 1.165) is 0 Å². The molecule has 1 heterocycles. The first-order valence-corrected chi connectivity index (χ1v) is 6.63. The van der Waals surface area contributed by atoms with Crippen LogP contribution in [-0.2, 0) is 6.61 Å². The Bertz CT molecular complexity index is 883. The van der Waals surface area contributed by atoms with Gasteiger partial charge in [-0.2, -0.15) is 0 Å². The summed E-state index contributed by atoms with van der Waals surface area (Å²) < 4.78 is 5.71. The van der Waals surface area contributed by atoms with Crippen LogP contribution in [-0.4, -0.2) is 10.2 Å². The minimum atomic E-state index is -0.195.